The summed E-state index contributed by atoms with van der Waals surface area (Å²) in [4.78, 5) is 13.9. The highest BCUT2D eigenvalue weighted by atomic mass is 16.7. The SMILES string of the molecule is CN(C(=O)c1cccc(N)c1)c1ccc2c(c1)OCO2. The highest BCUT2D eigenvalue weighted by molar-refractivity contribution is 6.06. The minimum absolute atomic E-state index is 0.129. The van der Waals surface area contributed by atoms with Gasteiger partial charge in [-0.05, 0) is 30.3 Å². The van der Waals surface area contributed by atoms with Gasteiger partial charge in [-0.15, -0.1) is 0 Å². The second-order valence-corrected chi connectivity index (χ2v) is 4.53. The standard InChI is InChI=1S/C15H14N2O3/c1-17(15(18)10-3-2-4-11(16)7-10)12-5-6-13-14(8-12)20-9-19-13/h2-8H,9,16H2,1H3. The summed E-state index contributed by atoms with van der Waals surface area (Å²) in [6.07, 6.45) is 0. The molecule has 0 spiro atoms. The van der Waals surface area contributed by atoms with Gasteiger partial charge in [0, 0.05) is 30.1 Å². The molecule has 0 aromatic heterocycles. The molecule has 1 aliphatic rings. The molecule has 0 atom stereocenters. The first-order valence-electron chi connectivity index (χ1n) is 6.18. The molecule has 2 N–H and O–H groups in total. The Morgan fingerprint density at radius 1 is 1.15 bits per heavy atom. The van der Waals surface area contributed by atoms with Gasteiger partial charge in [0.2, 0.25) is 6.79 Å². The predicted octanol–water partition coefficient (Wildman–Crippen LogP) is 2.27. The maximum Gasteiger partial charge on any atom is 0.258 e. The lowest BCUT2D eigenvalue weighted by molar-refractivity contribution is 0.0993. The number of nitrogens with zero attached hydrogens (tertiary/aromatic N) is 1. The quantitative estimate of drug-likeness (QED) is 0.850. The number of anilines is 2. The molecule has 3 rings (SSSR count). The van der Waals surface area contributed by atoms with Crippen molar-refractivity contribution in [1.29, 1.82) is 0 Å². The van der Waals surface area contributed by atoms with Crippen molar-refractivity contribution in [2.45, 2.75) is 0 Å². The van der Waals surface area contributed by atoms with Gasteiger partial charge in [-0.3, -0.25) is 4.79 Å². The molecule has 1 heterocycles. The van der Waals surface area contributed by atoms with Crippen LogP contribution in [0.3, 0.4) is 0 Å². The summed E-state index contributed by atoms with van der Waals surface area (Å²) in [5, 5.41) is 0. The first-order valence-corrected chi connectivity index (χ1v) is 6.18. The number of ether oxygens (including phenoxy) is 2. The molecule has 0 saturated carbocycles. The molecule has 0 unspecified atom stereocenters. The van der Waals surface area contributed by atoms with Crippen molar-refractivity contribution in [1.82, 2.24) is 0 Å². The Balaban J connectivity index is 1.88. The number of fused-ring (bicyclic) bond motifs is 1. The fraction of sp³-hybridized carbons (Fsp3) is 0.133. The third-order valence-corrected chi connectivity index (χ3v) is 3.18. The number of carbonyl (C=O) groups excluding carboxylic acids is 1. The molecule has 0 radical (unpaired) electrons. The third kappa shape index (κ3) is 2.14. The van der Waals surface area contributed by atoms with Gasteiger partial charge in [0.15, 0.2) is 11.5 Å². The molecule has 1 aliphatic heterocycles. The van der Waals surface area contributed by atoms with Crippen molar-refractivity contribution in [3.8, 4) is 11.5 Å². The van der Waals surface area contributed by atoms with E-state index in [-0.39, 0.29) is 12.7 Å². The fourth-order valence-corrected chi connectivity index (χ4v) is 2.08. The van der Waals surface area contributed by atoms with Crippen molar-refractivity contribution in [2.24, 2.45) is 0 Å². The maximum absolute atomic E-state index is 12.4. The van der Waals surface area contributed by atoms with E-state index in [1.165, 1.54) is 0 Å². The molecule has 0 bridgehead atoms. The molecule has 20 heavy (non-hydrogen) atoms. The lowest BCUT2D eigenvalue weighted by Gasteiger charge is -2.18. The van der Waals surface area contributed by atoms with Gasteiger partial charge in [0.25, 0.3) is 5.91 Å². The van der Waals surface area contributed by atoms with Gasteiger partial charge in [-0.25, -0.2) is 0 Å². The zero-order chi connectivity index (χ0) is 14.1. The van der Waals surface area contributed by atoms with Crippen molar-refractivity contribution < 1.29 is 14.3 Å². The zero-order valence-electron chi connectivity index (χ0n) is 11.0. The summed E-state index contributed by atoms with van der Waals surface area (Å²) in [6.45, 7) is 0.214. The van der Waals surface area contributed by atoms with Crippen LogP contribution in [0.4, 0.5) is 11.4 Å². The molecule has 5 nitrogen and oxygen atoms in total. The lowest BCUT2D eigenvalue weighted by atomic mass is 10.1. The van der Waals surface area contributed by atoms with Crippen molar-refractivity contribution in [3.05, 3.63) is 48.0 Å². The summed E-state index contributed by atoms with van der Waals surface area (Å²) < 4.78 is 10.6. The monoisotopic (exact) mass is 270 g/mol. The van der Waals surface area contributed by atoms with Crippen LogP contribution >= 0.6 is 0 Å². The van der Waals surface area contributed by atoms with Crippen LogP contribution in [0.5, 0.6) is 11.5 Å². The van der Waals surface area contributed by atoms with Crippen LogP contribution in [-0.4, -0.2) is 19.7 Å². The van der Waals surface area contributed by atoms with Crippen LogP contribution in [0.1, 0.15) is 10.4 Å². The third-order valence-electron chi connectivity index (χ3n) is 3.18. The number of rotatable bonds is 2. The average molecular weight is 270 g/mol. The van der Waals surface area contributed by atoms with E-state index < -0.39 is 0 Å². The van der Waals surface area contributed by atoms with E-state index in [4.69, 9.17) is 15.2 Å². The molecule has 1 amide bonds. The van der Waals surface area contributed by atoms with Crippen LogP contribution in [0.25, 0.3) is 0 Å². The Kier molecular flexibility index (Phi) is 2.95. The molecule has 0 fully saturated rings. The number of hydrogen-bond donors (Lipinski definition) is 1. The number of nitrogen functional groups attached to an aromatic ring is 1. The minimum atomic E-state index is -0.129. The summed E-state index contributed by atoms with van der Waals surface area (Å²) >= 11 is 0. The van der Waals surface area contributed by atoms with Gasteiger partial charge in [0.1, 0.15) is 0 Å². The molecule has 2 aromatic carbocycles. The molecule has 2 aromatic rings. The topological polar surface area (TPSA) is 64.8 Å². The van der Waals surface area contributed by atoms with Gasteiger partial charge in [-0.2, -0.15) is 0 Å². The first-order chi connectivity index (χ1) is 9.65. The van der Waals surface area contributed by atoms with Crippen molar-refractivity contribution >= 4 is 17.3 Å². The number of carbonyl (C=O) groups is 1. The molecular weight excluding hydrogens is 256 g/mol. The number of benzene rings is 2. The molecular formula is C15H14N2O3. The van der Waals surface area contributed by atoms with Gasteiger partial charge < -0.3 is 20.1 Å². The highest BCUT2D eigenvalue weighted by Gasteiger charge is 2.18. The Hall–Kier alpha value is -2.69. The smallest absolute Gasteiger partial charge is 0.258 e. The summed E-state index contributed by atoms with van der Waals surface area (Å²) in [6, 6.07) is 12.3. The van der Waals surface area contributed by atoms with Crippen molar-refractivity contribution in [2.75, 3.05) is 24.5 Å². The second kappa shape index (κ2) is 4.77. The van der Waals surface area contributed by atoms with Crippen LogP contribution in [0, 0.1) is 0 Å². The Labute approximate surface area is 116 Å². The Bertz CT molecular complexity index is 670. The van der Waals surface area contributed by atoms with Gasteiger partial charge >= 0.3 is 0 Å². The molecule has 102 valence electrons. The predicted molar refractivity (Wildman–Crippen MR) is 76.2 cm³/mol. The normalized spacial score (nSPS) is 12.2. The van der Waals surface area contributed by atoms with E-state index in [0.29, 0.717) is 22.7 Å². The molecule has 0 aliphatic carbocycles. The first kappa shape index (κ1) is 12.3. The lowest BCUT2D eigenvalue weighted by Crippen LogP contribution is -2.26. The average Bonchev–Trinajstić information content (AvgIpc) is 2.93. The Morgan fingerprint density at radius 3 is 2.75 bits per heavy atom. The van der Waals surface area contributed by atoms with E-state index in [1.54, 1.807) is 48.3 Å². The van der Waals surface area contributed by atoms with Gasteiger partial charge in [-0.1, -0.05) is 6.07 Å². The summed E-state index contributed by atoms with van der Waals surface area (Å²) in [7, 11) is 1.71. The second-order valence-electron chi connectivity index (χ2n) is 4.53. The number of hydrogen-bond acceptors (Lipinski definition) is 4. The summed E-state index contributed by atoms with van der Waals surface area (Å²) in [5.74, 6) is 1.21. The maximum atomic E-state index is 12.4. The van der Waals surface area contributed by atoms with Crippen LogP contribution in [-0.2, 0) is 0 Å². The molecule has 0 saturated heterocycles. The van der Waals surface area contributed by atoms with E-state index in [2.05, 4.69) is 0 Å². The largest absolute Gasteiger partial charge is 0.454 e. The van der Waals surface area contributed by atoms with Crippen LogP contribution < -0.4 is 20.1 Å². The van der Waals surface area contributed by atoms with E-state index in [1.807, 2.05) is 6.07 Å². The molecule has 5 heteroatoms. The van der Waals surface area contributed by atoms with E-state index in [9.17, 15) is 4.79 Å². The number of amides is 1. The van der Waals surface area contributed by atoms with Crippen molar-refractivity contribution in [3.63, 3.8) is 0 Å². The Morgan fingerprint density at radius 2 is 1.95 bits per heavy atom. The number of nitrogens with two attached hydrogens (primary N) is 1. The highest BCUT2D eigenvalue weighted by Crippen LogP contribution is 2.35. The van der Waals surface area contributed by atoms with Gasteiger partial charge in [0.05, 0.1) is 0 Å². The van der Waals surface area contributed by atoms with E-state index in [0.717, 1.165) is 5.69 Å². The minimum Gasteiger partial charge on any atom is -0.454 e. The summed E-state index contributed by atoms with van der Waals surface area (Å²) in [5.41, 5.74) is 7.55. The fourth-order valence-electron chi connectivity index (χ4n) is 2.08. The van der Waals surface area contributed by atoms with Crippen LogP contribution in [0.2, 0.25) is 0 Å². The zero-order valence-corrected chi connectivity index (χ0v) is 11.0. The van der Waals surface area contributed by atoms with E-state index >= 15 is 0 Å². The van der Waals surface area contributed by atoms with Crippen LogP contribution in [0.15, 0.2) is 42.5 Å².